The molecule has 8 heteroatoms. The van der Waals surface area contributed by atoms with Gasteiger partial charge in [0.25, 0.3) is 5.91 Å². The SMILES string of the molecule is COc1ccc(CN2CCN(C(=O)C3=C(C)C(=O)OC34CCCCC4)CC2)c(OC)c1OC. The van der Waals surface area contributed by atoms with Gasteiger partial charge in [-0.3, -0.25) is 9.69 Å². The summed E-state index contributed by atoms with van der Waals surface area (Å²) in [5.74, 6) is 1.50. The van der Waals surface area contributed by atoms with E-state index in [0.29, 0.717) is 48.0 Å². The molecule has 180 valence electrons. The summed E-state index contributed by atoms with van der Waals surface area (Å²) in [5, 5.41) is 0. The zero-order valence-corrected chi connectivity index (χ0v) is 20.1. The molecule has 3 aliphatic rings. The Morgan fingerprint density at radius 3 is 2.24 bits per heavy atom. The minimum Gasteiger partial charge on any atom is -0.493 e. The molecule has 0 aromatic heterocycles. The molecule has 8 nitrogen and oxygen atoms in total. The number of nitrogens with zero attached hydrogens (tertiary/aromatic N) is 2. The van der Waals surface area contributed by atoms with Crippen molar-refractivity contribution < 1.29 is 28.5 Å². The van der Waals surface area contributed by atoms with Gasteiger partial charge in [0.2, 0.25) is 5.75 Å². The smallest absolute Gasteiger partial charge is 0.335 e. The monoisotopic (exact) mass is 458 g/mol. The van der Waals surface area contributed by atoms with Crippen LogP contribution >= 0.6 is 0 Å². The molecule has 0 radical (unpaired) electrons. The fraction of sp³-hybridized carbons (Fsp3) is 0.600. The van der Waals surface area contributed by atoms with E-state index in [-0.39, 0.29) is 11.9 Å². The van der Waals surface area contributed by atoms with Crippen molar-refractivity contribution in [2.24, 2.45) is 0 Å². The molecule has 1 aromatic rings. The Labute approximate surface area is 195 Å². The molecule has 2 heterocycles. The van der Waals surface area contributed by atoms with Gasteiger partial charge in [-0.1, -0.05) is 12.5 Å². The molecule has 1 amide bonds. The van der Waals surface area contributed by atoms with Gasteiger partial charge in [-0.15, -0.1) is 0 Å². The summed E-state index contributed by atoms with van der Waals surface area (Å²) in [6, 6.07) is 3.87. The third kappa shape index (κ3) is 4.28. The highest BCUT2D eigenvalue weighted by atomic mass is 16.6. The number of ether oxygens (including phenoxy) is 4. The molecule has 1 saturated heterocycles. The highest BCUT2D eigenvalue weighted by Gasteiger charge is 2.50. The Morgan fingerprint density at radius 1 is 0.970 bits per heavy atom. The second kappa shape index (κ2) is 9.63. The quantitative estimate of drug-likeness (QED) is 0.607. The van der Waals surface area contributed by atoms with Gasteiger partial charge >= 0.3 is 5.97 Å². The van der Waals surface area contributed by atoms with E-state index in [1.165, 1.54) is 0 Å². The van der Waals surface area contributed by atoms with E-state index in [1.54, 1.807) is 28.3 Å². The Hall–Kier alpha value is -2.74. The fourth-order valence-electron chi connectivity index (χ4n) is 5.37. The van der Waals surface area contributed by atoms with Crippen LogP contribution in [0.1, 0.15) is 44.6 Å². The van der Waals surface area contributed by atoms with Gasteiger partial charge in [-0.05, 0) is 38.7 Å². The maximum atomic E-state index is 13.5. The first kappa shape index (κ1) is 23.4. The van der Waals surface area contributed by atoms with E-state index in [2.05, 4.69) is 4.90 Å². The molecule has 33 heavy (non-hydrogen) atoms. The predicted octanol–water partition coefficient (Wildman–Crippen LogP) is 2.93. The van der Waals surface area contributed by atoms with Crippen LogP contribution in [0.2, 0.25) is 0 Å². The first-order chi connectivity index (χ1) is 15.9. The van der Waals surface area contributed by atoms with E-state index >= 15 is 0 Å². The average Bonchev–Trinajstić information content (AvgIpc) is 3.07. The minimum atomic E-state index is -0.708. The Morgan fingerprint density at radius 2 is 1.64 bits per heavy atom. The second-order valence-corrected chi connectivity index (χ2v) is 9.01. The van der Waals surface area contributed by atoms with Crippen molar-refractivity contribution in [2.75, 3.05) is 47.5 Å². The molecule has 0 N–H and O–H groups in total. The molecule has 1 saturated carbocycles. The largest absolute Gasteiger partial charge is 0.493 e. The van der Waals surface area contributed by atoms with Crippen molar-refractivity contribution in [2.45, 2.75) is 51.2 Å². The molecule has 1 aliphatic carbocycles. The number of piperazine rings is 1. The van der Waals surface area contributed by atoms with Crippen LogP contribution in [0, 0.1) is 0 Å². The lowest BCUT2D eigenvalue weighted by atomic mass is 9.78. The molecule has 0 bridgehead atoms. The summed E-state index contributed by atoms with van der Waals surface area (Å²) in [6.07, 6.45) is 4.58. The van der Waals surface area contributed by atoms with Crippen LogP contribution < -0.4 is 14.2 Å². The van der Waals surface area contributed by atoms with Crippen molar-refractivity contribution in [3.63, 3.8) is 0 Å². The number of rotatable bonds is 6. The van der Waals surface area contributed by atoms with Crippen molar-refractivity contribution in [1.29, 1.82) is 0 Å². The number of carbonyl (C=O) groups excluding carboxylic acids is 2. The third-order valence-electron chi connectivity index (χ3n) is 7.14. The molecular formula is C25H34N2O6. The van der Waals surface area contributed by atoms with E-state index in [0.717, 1.165) is 50.8 Å². The number of hydrogen-bond acceptors (Lipinski definition) is 7. The summed E-state index contributed by atoms with van der Waals surface area (Å²) >= 11 is 0. The van der Waals surface area contributed by atoms with Crippen LogP contribution in [0.15, 0.2) is 23.3 Å². The summed E-state index contributed by atoms with van der Waals surface area (Å²) in [6.45, 7) is 5.09. The molecule has 0 unspecified atom stereocenters. The first-order valence-corrected chi connectivity index (χ1v) is 11.7. The van der Waals surface area contributed by atoms with E-state index in [1.807, 2.05) is 17.0 Å². The molecular weight excluding hydrogens is 424 g/mol. The van der Waals surface area contributed by atoms with Gasteiger partial charge in [0, 0.05) is 43.9 Å². The molecule has 1 aromatic carbocycles. The standard InChI is InChI=1S/C25H34N2O6/c1-17-20(25(33-24(17)29)10-6-5-7-11-25)23(28)27-14-12-26(13-15-27)16-18-8-9-19(30-2)22(32-4)21(18)31-3/h8-9H,5-7,10-16H2,1-4H3. The lowest BCUT2D eigenvalue weighted by Gasteiger charge is -2.39. The Bertz CT molecular complexity index is 942. The molecule has 2 aliphatic heterocycles. The van der Waals surface area contributed by atoms with Crippen molar-refractivity contribution in [3.05, 3.63) is 28.8 Å². The lowest BCUT2D eigenvalue weighted by molar-refractivity contribution is -0.150. The topological polar surface area (TPSA) is 77.5 Å². The Kier molecular flexibility index (Phi) is 6.83. The zero-order chi connectivity index (χ0) is 23.6. The molecule has 1 spiro atoms. The fourth-order valence-corrected chi connectivity index (χ4v) is 5.37. The predicted molar refractivity (Wildman–Crippen MR) is 123 cm³/mol. The summed E-state index contributed by atoms with van der Waals surface area (Å²) in [5.41, 5.74) is 1.38. The van der Waals surface area contributed by atoms with Gasteiger partial charge in [-0.25, -0.2) is 4.79 Å². The number of esters is 1. The van der Waals surface area contributed by atoms with Crippen molar-refractivity contribution >= 4 is 11.9 Å². The van der Waals surface area contributed by atoms with Gasteiger partial charge in [0.05, 0.1) is 26.9 Å². The van der Waals surface area contributed by atoms with Gasteiger partial charge < -0.3 is 23.8 Å². The first-order valence-electron chi connectivity index (χ1n) is 11.7. The van der Waals surface area contributed by atoms with Gasteiger partial charge in [0.15, 0.2) is 11.5 Å². The van der Waals surface area contributed by atoms with Crippen LogP contribution in [0.3, 0.4) is 0 Å². The van der Waals surface area contributed by atoms with Gasteiger partial charge in [-0.2, -0.15) is 0 Å². The number of carbonyl (C=O) groups is 2. The van der Waals surface area contributed by atoms with Crippen molar-refractivity contribution in [1.82, 2.24) is 9.80 Å². The maximum Gasteiger partial charge on any atom is 0.335 e. The second-order valence-electron chi connectivity index (χ2n) is 9.01. The normalized spacial score (nSPS) is 20.7. The van der Waals surface area contributed by atoms with E-state index in [4.69, 9.17) is 18.9 Å². The average molecular weight is 459 g/mol. The summed E-state index contributed by atoms with van der Waals surface area (Å²) in [7, 11) is 4.83. The van der Waals surface area contributed by atoms with Gasteiger partial charge in [0.1, 0.15) is 5.60 Å². The van der Waals surface area contributed by atoms with Crippen LogP contribution in [0.4, 0.5) is 0 Å². The summed E-state index contributed by atoms with van der Waals surface area (Å²) < 4.78 is 22.3. The number of methoxy groups -OCH3 is 3. The van der Waals surface area contributed by atoms with E-state index < -0.39 is 5.60 Å². The van der Waals surface area contributed by atoms with Crippen LogP contribution in [0.5, 0.6) is 17.2 Å². The molecule has 0 atom stereocenters. The minimum absolute atomic E-state index is 0.0383. The summed E-state index contributed by atoms with van der Waals surface area (Å²) in [4.78, 5) is 30.1. The highest BCUT2D eigenvalue weighted by molar-refractivity contribution is 6.07. The third-order valence-corrected chi connectivity index (χ3v) is 7.14. The number of amides is 1. The molecule has 4 rings (SSSR count). The van der Waals surface area contributed by atoms with E-state index in [9.17, 15) is 9.59 Å². The number of hydrogen-bond donors (Lipinski definition) is 0. The molecule has 2 fully saturated rings. The van der Waals surface area contributed by atoms with Crippen LogP contribution in [0.25, 0.3) is 0 Å². The van der Waals surface area contributed by atoms with Crippen molar-refractivity contribution in [3.8, 4) is 17.2 Å². The Balaban J connectivity index is 1.44. The zero-order valence-electron chi connectivity index (χ0n) is 20.1. The lowest BCUT2D eigenvalue weighted by Crippen LogP contribution is -2.51. The highest BCUT2D eigenvalue weighted by Crippen LogP contribution is 2.44. The van der Waals surface area contributed by atoms with Crippen LogP contribution in [-0.4, -0.2) is 74.8 Å². The number of benzene rings is 1. The maximum absolute atomic E-state index is 13.5. The van der Waals surface area contributed by atoms with Crippen LogP contribution in [-0.2, 0) is 20.9 Å².